The van der Waals surface area contributed by atoms with Gasteiger partial charge in [0.1, 0.15) is 0 Å². The van der Waals surface area contributed by atoms with Crippen molar-refractivity contribution in [1.29, 1.82) is 0 Å². The minimum Gasteiger partial charge on any atom is -0.378 e. The van der Waals surface area contributed by atoms with E-state index in [0.29, 0.717) is 49.4 Å². The van der Waals surface area contributed by atoms with Crippen LogP contribution in [0.3, 0.4) is 0 Å². The number of nitrogens with one attached hydrogen (secondary N) is 1. The van der Waals surface area contributed by atoms with Crippen LogP contribution in [0, 0.1) is 0 Å². The molecule has 0 bridgehead atoms. The van der Waals surface area contributed by atoms with Gasteiger partial charge in [0, 0.05) is 24.7 Å². The first-order chi connectivity index (χ1) is 11.1. The second kappa shape index (κ2) is 9.80. The van der Waals surface area contributed by atoms with E-state index in [2.05, 4.69) is 5.32 Å². The van der Waals surface area contributed by atoms with Crippen LogP contribution in [0.15, 0.2) is 24.3 Å². The van der Waals surface area contributed by atoms with Gasteiger partial charge in [0.2, 0.25) is 11.8 Å². The highest BCUT2D eigenvalue weighted by molar-refractivity contribution is 8.00. The van der Waals surface area contributed by atoms with Gasteiger partial charge in [0.25, 0.3) is 0 Å². The molecule has 126 valence electrons. The number of morpholine rings is 1. The van der Waals surface area contributed by atoms with E-state index < -0.39 is 0 Å². The summed E-state index contributed by atoms with van der Waals surface area (Å²) in [5.41, 5.74) is 1.13. The van der Waals surface area contributed by atoms with Crippen molar-refractivity contribution in [3.8, 4) is 0 Å². The van der Waals surface area contributed by atoms with Crippen LogP contribution >= 0.6 is 23.4 Å². The highest BCUT2D eigenvalue weighted by Gasteiger charge is 2.16. The SMILES string of the molecule is O=C(CSCC(=O)N1CCOCC1)NCCc1ccc(Cl)cc1. The van der Waals surface area contributed by atoms with E-state index in [-0.39, 0.29) is 11.8 Å². The molecule has 2 rings (SSSR count). The van der Waals surface area contributed by atoms with Crippen LogP contribution in [0.1, 0.15) is 5.56 Å². The summed E-state index contributed by atoms with van der Waals surface area (Å²) in [6.45, 7) is 3.07. The highest BCUT2D eigenvalue weighted by atomic mass is 35.5. The maximum atomic E-state index is 11.9. The van der Waals surface area contributed by atoms with Crippen molar-refractivity contribution in [3.05, 3.63) is 34.9 Å². The summed E-state index contributed by atoms with van der Waals surface area (Å²) in [5.74, 6) is 0.674. The number of benzene rings is 1. The molecular formula is C16H21ClN2O3S. The number of amides is 2. The zero-order valence-electron chi connectivity index (χ0n) is 12.9. The van der Waals surface area contributed by atoms with Gasteiger partial charge in [-0.15, -0.1) is 11.8 Å². The van der Waals surface area contributed by atoms with E-state index in [1.807, 2.05) is 24.3 Å². The largest absolute Gasteiger partial charge is 0.378 e. The molecule has 0 radical (unpaired) electrons. The summed E-state index contributed by atoms with van der Waals surface area (Å²) in [5, 5.41) is 3.57. The zero-order valence-corrected chi connectivity index (χ0v) is 14.5. The Bertz CT molecular complexity index is 519. The first-order valence-electron chi connectivity index (χ1n) is 7.59. The van der Waals surface area contributed by atoms with Crippen molar-refractivity contribution in [2.75, 3.05) is 44.4 Å². The second-order valence-corrected chi connectivity index (χ2v) is 6.63. The molecule has 1 aromatic carbocycles. The number of carbonyl (C=O) groups excluding carboxylic acids is 2. The van der Waals surface area contributed by atoms with Crippen molar-refractivity contribution in [2.45, 2.75) is 6.42 Å². The first-order valence-corrected chi connectivity index (χ1v) is 9.13. The number of thioether (sulfide) groups is 1. The zero-order chi connectivity index (χ0) is 16.5. The molecule has 1 saturated heterocycles. The number of nitrogens with zero attached hydrogens (tertiary/aromatic N) is 1. The second-order valence-electron chi connectivity index (χ2n) is 5.21. The summed E-state index contributed by atoms with van der Waals surface area (Å²) in [6.07, 6.45) is 0.764. The molecule has 23 heavy (non-hydrogen) atoms. The lowest BCUT2D eigenvalue weighted by molar-refractivity contribution is -0.132. The van der Waals surface area contributed by atoms with Gasteiger partial charge < -0.3 is 15.0 Å². The lowest BCUT2D eigenvalue weighted by Crippen LogP contribution is -2.41. The van der Waals surface area contributed by atoms with E-state index in [9.17, 15) is 9.59 Å². The molecule has 1 aromatic rings. The molecule has 1 fully saturated rings. The average molecular weight is 357 g/mol. The monoisotopic (exact) mass is 356 g/mol. The van der Waals surface area contributed by atoms with Crippen LogP contribution in [-0.2, 0) is 20.7 Å². The standard InChI is InChI=1S/C16H21ClN2O3S/c17-14-3-1-13(2-4-14)5-6-18-15(20)11-23-12-16(21)19-7-9-22-10-8-19/h1-4H,5-12H2,(H,18,20). The Kier molecular flexibility index (Phi) is 7.71. The molecule has 0 aromatic heterocycles. The molecule has 5 nitrogen and oxygen atoms in total. The molecule has 1 heterocycles. The number of hydrogen-bond donors (Lipinski definition) is 1. The Morgan fingerprint density at radius 1 is 1.17 bits per heavy atom. The average Bonchev–Trinajstić information content (AvgIpc) is 2.57. The van der Waals surface area contributed by atoms with E-state index in [0.717, 1.165) is 12.0 Å². The summed E-state index contributed by atoms with van der Waals surface area (Å²) in [7, 11) is 0. The van der Waals surface area contributed by atoms with E-state index >= 15 is 0 Å². The molecule has 1 aliphatic heterocycles. The van der Waals surface area contributed by atoms with Crippen LogP contribution < -0.4 is 5.32 Å². The minimum atomic E-state index is -0.0428. The predicted octanol–water partition coefficient (Wildman–Crippen LogP) is 1.59. The lowest BCUT2D eigenvalue weighted by Gasteiger charge is -2.26. The van der Waals surface area contributed by atoms with Gasteiger partial charge in [0.15, 0.2) is 0 Å². The smallest absolute Gasteiger partial charge is 0.232 e. The summed E-state index contributed by atoms with van der Waals surface area (Å²) in [6, 6.07) is 7.58. The number of halogens is 1. The van der Waals surface area contributed by atoms with Crippen molar-refractivity contribution >= 4 is 35.2 Å². The van der Waals surface area contributed by atoms with Crippen LogP contribution in [0.5, 0.6) is 0 Å². The maximum absolute atomic E-state index is 11.9. The fraction of sp³-hybridized carbons (Fsp3) is 0.500. The molecule has 0 aliphatic carbocycles. The van der Waals surface area contributed by atoms with Crippen molar-refractivity contribution in [3.63, 3.8) is 0 Å². The van der Waals surface area contributed by atoms with Crippen molar-refractivity contribution in [1.82, 2.24) is 10.2 Å². The molecule has 0 unspecified atom stereocenters. The fourth-order valence-corrected chi connectivity index (χ4v) is 3.06. The Balaban J connectivity index is 1.56. The van der Waals surface area contributed by atoms with Crippen LogP contribution in [0.2, 0.25) is 5.02 Å². The Labute approximate surface area is 145 Å². The molecular weight excluding hydrogens is 336 g/mol. The lowest BCUT2D eigenvalue weighted by atomic mass is 10.1. The predicted molar refractivity (Wildman–Crippen MR) is 92.9 cm³/mol. The Hall–Kier alpha value is -1.24. The number of ether oxygens (including phenoxy) is 1. The molecule has 0 atom stereocenters. The van der Waals surface area contributed by atoms with Crippen LogP contribution in [-0.4, -0.2) is 61.1 Å². The van der Waals surface area contributed by atoms with E-state index in [4.69, 9.17) is 16.3 Å². The first kappa shape index (κ1) is 18.1. The Morgan fingerprint density at radius 3 is 2.57 bits per heavy atom. The van der Waals surface area contributed by atoms with Gasteiger partial charge in [-0.1, -0.05) is 23.7 Å². The van der Waals surface area contributed by atoms with Crippen LogP contribution in [0.4, 0.5) is 0 Å². The summed E-state index contributed by atoms with van der Waals surface area (Å²) in [4.78, 5) is 25.4. The van der Waals surface area contributed by atoms with Gasteiger partial charge in [-0.05, 0) is 24.1 Å². The quantitative estimate of drug-likeness (QED) is 0.806. The third-order valence-corrected chi connectivity index (χ3v) is 4.64. The summed E-state index contributed by atoms with van der Waals surface area (Å²) >= 11 is 7.17. The van der Waals surface area contributed by atoms with Gasteiger partial charge in [-0.25, -0.2) is 0 Å². The number of rotatable bonds is 7. The van der Waals surface area contributed by atoms with Gasteiger partial charge in [-0.3, -0.25) is 9.59 Å². The molecule has 1 N–H and O–H groups in total. The Morgan fingerprint density at radius 2 is 1.87 bits per heavy atom. The van der Waals surface area contributed by atoms with Gasteiger partial charge in [-0.2, -0.15) is 0 Å². The summed E-state index contributed by atoms with van der Waals surface area (Å²) < 4.78 is 5.21. The molecule has 0 saturated carbocycles. The third-order valence-electron chi connectivity index (χ3n) is 3.47. The van der Waals surface area contributed by atoms with E-state index in [1.165, 1.54) is 11.8 Å². The van der Waals surface area contributed by atoms with Crippen molar-refractivity contribution in [2.24, 2.45) is 0 Å². The molecule has 1 aliphatic rings. The topological polar surface area (TPSA) is 58.6 Å². The molecule has 7 heteroatoms. The van der Waals surface area contributed by atoms with Gasteiger partial charge >= 0.3 is 0 Å². The highest BCUT2D eigenvalue weighted by Crippen LogP contribution is 2.09. The third kappa shape index (κ3) is 6.81. The fourth-order valence-electron chi connectivity index (χ4n) is 2.18. The maximum Gasteiger partial charge on any atom is 0.232 e. The number of hydrogen-bond acceptors (Lipinski definition) is 4. The normalized spacial score (nSPS) is 14.6. The van der Waals surface area contributed by atoms with Crippen LogP contribution in [0.25, 0.3) is 0 Å². The number of carbonyl (C=O) groups is 2. The molecule has 2 amide bonds. The van der Waals surface area contributed by atoms with Gasteiger partial charge in [0.05, 0.1) is 24.7 Å². The van der Waals surface area contributed by atoms with Crippen molar-refractivity contribution < 1.29 is 14.3 Å². The molecule has 0 spiro atoms. The van der Waals surface area contributed by atoms with E-state index in [1.54, 1.807) is 4.90 Å². The minimum absolute atomic E-state index is 0.0428.